The van der Waals surface area contributed by atoms with Crippen molar-refractivity contribution < 1.29 is 4.79 Å². The molecule has 23 heavy (non-hydrogen) atoms. The standard InChI is InChI=1S/C19H29N3O/c1-15(2)14-21-8-10-22(11-9-21)19(23)20-13-16-6-7-17-4-3-5-18(17)12-16/h6-7,12,15H,3-5,8-11,13-14H2,1-2H3,(H,20,23). The maximum atomic E-state index is 12.3. The average molecular weight is 315 g/mol. The van der Waals surface area contributed by atoms with Crippen LogP contribution in [0.25, 0.3) is 0 Å². The molecule has 1 fully saturated rings. The smallest absolute Gasteiger partial charge is 0.317 e. The zero-order valence-corrected chi connectivity index (χ0v) is 14.5. The number of carbonyl (C=O) groups is 1. The summed E-state index contributed by atoms with van der Waals surface area (Å²) in [6.45, 7) is 9.91. The highest BCUT2D eigenvalue weighted by atomic mass is 16.2. The van der Waals surface area contributed by atoms with E-state index < -0.39 is 0 Å². The van der Waals surface area contributed by atoms with Gasteiger partial charge >= 0.3 is 6.03 Å². The molecule has 0 radical (unpaired) electrons. The van der Waals surface area contributed by atoms with Crippen molar-refractivity contribution >= 4 is 6.03 Å². The first-order chi connectivity index (χ1) is 11.1. The van der Waals surface area contributed by atoms with Gasteiger partial charge in [-0.25, -0.2) is 4.79 Å². The molecule has 0 bridgehead atoms. The highest BCUT2D eigenvalue weighted by molar-refractivity contribution is 5.74. The molecule has 2 amide bonds. The molecule has 0 spiro atoms. The van der Waals surface area contributed by atoms with Gasteiger partial charge in [-0.3, -0.25) is 4.90 Å². The van der Waals surface area contributed by atoms with Gasteiger partial charge in [-0.15, -0.1) is 0 Å². The monoisotopic (exact) mass is 315 g/mol. The van der Waals surface area contributed by atoms with Crippen molar-refractivity contribution in [3.8, 4) is 0 Å². The van der Waals surface area contributed by atoms with Gasteiger partial charge in [0.25, 0.3) is 0 Å². The second-order valence-electron chi connectivity index (χ2n) is 7.30. The number of amides is 2. The Balaban J connectivity index is 1.45. The van der Waals surface area contributed by atoms with Crippen molar-refractivity contribution in [2.75, 3.05) is 32.7 Å². The number of benzene rings is 1. The fraction of sp³-hybridized carbons (Fsp3) is 0.632. The summed E-state index contributed by atoms with van der Waals surface area (Å²) in [6.07, 6.45) is 3.67. The summed E-state index contributed by atoms with van der Waals surface area (Å²) in [5.41, 5.74) is 4.18. The van der Waals surface area contributed by atoms with Gasteiger partial charge in [0.15, 0.2) is 0 Å². The van der Waals surface area contributed by atoms with Crippen molar-refractivity contribution in [2.24, 2.45) is 5.92 Å². The lowest BCUT2D eigenvalue weighted by Crippen LogP contribution is -2.52. The molecule has 0 saturated carbocycles. The van der Waals surface area contributed by atoms with Crippen LogP contribution in [0.5, 0.6) is 0 Å². The Morgan fingerprint density at radius 3 is 2.61 bits per heavy atom. The lowest BCUT2D eigenvalue weighted by molar-refractivity contribution is 0.131. The summed E-state index contributed by atoms with van der Waals surface area (Å²) in [4.78, 5) is 16.7. The first-order valence-corrected chi connectivity index (χ1v) is 8.97. The summed E-state index contributed by atoms with van der Waals surface area (Å²) in [6, 6.07) is 6.73. The fourth-order valence-corrected chi connectivity index (χ4v) is 3.67. The van der Waals surface area contributed by atoms with Crippen LogP contribution in [0, 0.1) is 5.92 Å². The predicted molar refractivity (Wildman–Crippen MR) is 93.6 cm³/mol. The van der Waals surface area contributed by atoms with Crippen LogP contribution in [0.15, 0.2) is 18.2 Å². The predicted octanol–water partition coefficient (Wildman–Crippen LogP) is 2.66. The molecular weight excluding hydrogens is 286 g/mol. The molecule has 3 rings (SSSR count). The lowest BCUT2D eigenvalue weighted by atomic mass is 10.1. The quantitative estimate of drug-likeness (QED) is 0.927. The number of urea groups is 1. The molecule has 0 aromatic heterocycles. The van der Waals surface area contributed by atoms with Gasteiger partial charge in [0.05, 0.1) is 0 Å². The molecule has 1 aliphatic heterocycles. The number of aryl methyl sites for hydroxylation is 2. The molecule has 4 nitrogen and oxygen atoms in total. The minimum Gasteiger partial charge on any atom is -0.334 e. The number of fused-ring (bicyclic) bond motifs is 1. The number of hydrogen-bond acceptors (Lipinski definition) is 2. The normalized spacial score (nSPS) is 18.3. The lowest BCUT2D eigenvalue weighted by Gasteiger charge is -2.35. The zero-order valence-electron chi connectivity index (χ0n) is 14.5. The summed E-state index contributed by atoms with van der Waals surface area (Å²) >= 11 is 0. The maximum Gasteiger partial charge on any atom is 0.317 e. The van der Waals surface area contributed by atoms with Gasteiger partial charge in [-0.2, -0.15) is 0 Å². The van der Waals surface area contributed by atoms with E-state index in [1.54, 1.807) is 0 Å². The minimum atomic E-state index is 0.0784. The average Bonchev–Trinajstić information content (AvgIpc) is 3.00. The number of hydrogen-bond donors (Lipinski definition) is 1. The third-order valence-corrected chi connectivity index (χ3v) is 4.89. The number of nitrogens with one attached hydrogen (secondary N) is 1. The van der Waals surface area contributed by atoms with Crippen molar-refractivity contribution in [2.45, 2.75) is 39.7 Å². The second-order valence-corrected chi connectivity index (χ2v) is 7.30. The summed E-state index contributed by atoms with van der Waals surface area (Å²) in [5, 5.41) is 3.08. The van der Waals surface area contributed by atoms with Gasteiger partial charge in [0.1, 0.15) is 0 Å². The van der Waals surface area contributed by atoms with Crippen LogP contribution in [0.4, 0.5) is 4.79 Å². The first kappa shape index (κ1) is 16.3. The maximum absolute atomic E-state index is 12.3. The molecule has 0 unspecified atom stereocenters. The molecule has 126 valence electrons. The molecule has 0 atom stereocenters. The molecule has 1 aromatic carbocycles. The van der Waals surface area contributed by atoms with Gasteiger partial charge in [-0.1, -0.05) is 32.0 Å². The van der Waals surface area contributed by atoms with Crippen molar-refractivity contribution in [1.29, 1.82) is 0 Å². The van der Waals surface area contributed by atoms with E-state index in [0.717, 1.165) is 32.7 Å². The molecule has 2 aliphatic rings. The van der Waals surface area contributed by atoms with Crippen LogP contribution in [0.3, 0.4) is 0 Å². The molecule has 1 heterocycles. The Kier molecular flexibility index (Phi) is 5.21. The van der Waals surface area contributed by atoms with E-state index in [9.17, 15) is 4.79 Å². The largest absolute Gasteiger partial charge is 0.334 e. The van der Waals surface area contributed by atoms with Crippen molar-refractivity contribution in [1.82, 2.24) is 15.1 Å². The SMILES string of the molecule is CC(C)CN1CCN(C(=O)NCc2ccc3c(c2)CCC3)CC1. The van der Waals surface area contributed by atoms with Crippen LogP contribution in [-0.4, -0.2) is 48.6 Å². The van der Waals surface area contributed by atoms with E-state index in [1.165, 1.54) is 36.0 Å². The van der Waals surface area contributed by atoms with E-state index in [0.29, 0.717) is 12.5 Å². The van der Waals surface area contributed by atoms with Gasteiger partial charge in [0.2, 0.25) is 0 Å². The molecule has 1 saturated heterocycles. The van der Waals surface area contributed by atoms with Crippen LogP contribution >= 0.6 is 0 Å². The van der Waals surface area contributed by atoms with E-state index in [4.69, 9.17) is 0 Å². The van der Waals surface area contributed by atoms with E-state index in [-0.39, 0.29) is 6.03 Å². The highest BCUT2D eigenvalue weighted by Gasteiger charge is 2.21. The van der Waals surface area contributed by atoms with Gasteiger partial charge in [0, 0.05) is 39.3 Å². The van der Waals surface area contributed by atoms with Crippen LogP contribution in [-0.2, 0) is 19.4 Å². The van der Waals surface area contributed by atoms with E-state index in [2.05, 4.69) is 42.3 Å². The summed E-state index contributed by atoms with van der Waals surface area (Å²) in [7, 11) is 0. The molecule has 1 N–H and O–H groups in total. The van der Waals surface area contributed by atoms with Crippen LogP contribution in [0.2, 0.25) is 0 Å². The van der Waals surface area contributed by atoms with Gasteiger partial charge < -0.3 is 10.2 Å². The first-order valence-electron chi connectivity index (χ1n) is 8.97. The Morgan fingerprint density at radius 2 is 1.87 bits per heavy atom. The third-order valence-electron chi connectivity index (χ3n) is 4.89. The van der Waals surface area contributed by atoms with Crippen LogP contribution < -0.4 is 5.32 Å². The molecule has 1 aliphatic carbocycles. The second kappa shape index (κ2) is 7.35. The Bertz CT molecular complexity index is 548. The molecule has 1 aromatic rings. The Hall–Kier alpha value is -1.55. The molecular formula is C19H29N3O. The topological polar surface area (TPSA) is 35.6 Å². The summed E-state index contributed by atoms with van der Waals surface area (Å²) < 4.78 is 0. The number of rotatable bonds is 4. The Labute approximate surface area is 139 Å². The van der Waals surface area contributed by atoms with Gasteiger partial charge in [-0.05, 0) is 41.9 Å². The van der Waals surface area contributed by atoms with E-state index in [1.807, 2.05) is 4.90 Å². The third kappa shape index (κ3) is 4.25. The fourth-order valence-electron chi connectivity index (χ4n) is 3.67. The minimum absolute atomic E-state index is 0.0784. The Morgan fingerprint density at radius 1 is 1.13 bits per heavy atom. The highest BCUT2D eigenvalue weighted by Crippen LogP contribution is 2.22. The number of carbonyl (C=O) groups excluding carboxylic acids is 1. The molecule has 4 heteroatoms. The zero-order chi connectivity index (χ0) is 16.2. The van der Waals surface area contributed by atoms with E-state index >= 15 is 0 Å². The van der Waals surface area contributed by atoms with Crippen LogP contribution in [0.1, 0.15) is 37.0 Å². The summed E-state index contributed by atoms with van der Waals surface area (Å²) in [5.74, 6) is 0.690. The number of piperazine rings is 1. The number of nitrogens with zero attached hydrogens (tertiary/aromatic N) is 2. The van der Waals surface area contributed by atoms with Crippen molar-refractivity contribution in [3.05, 3.63) is 34.9 Å². The van der Waals surface area contributed by atoms with Crippen molar-refractivity contribution in [3.63, 3.8) is 0 Å².